The monoisotopic (exact) mass is 256 g/mol. The van der Waals surface area contributed by atoms with Crippen LogP contribution in [0.1, 0.15) is 72.1 Å². The molecule has 0 amide bonds. The smallest absolute Gasteiger partial charge is 0.00488 e. The fourth-order valence-corrected chi connectivity index (χ4v) is 2.52. The van der Waals surface area contributed by atoms with Crippen LogP contribution in [0, 0.1) is 11.8 Å². The van der Waals surface area contributed by atoms with E-state index in [0.29, 0.717) is 0 Å². The van der Waals surface area contributed by atoms with Gasteiger partial charge in [-0.2, -0.15) is 0 Å². The summed E-state index contributed by atoms with van der Waals surface area (Å²) >= 11 is 0. The Morgan fingerprint density at radius 2 is 1.61 bits per heavy atom. The van der Waals surface area contributed by atoms with E-state index in [-0.39, 0.29) is 0 Å². The van der Waals surface area contributed by atoms with Gasteiger partial charge in [-0.3, -0.25) is 0 Å². The number of hydrogen-bond acceptors (Lipinski definition) is 2. The normalized spacial score (nSPS) is 13.2. The van der Waals surface area contributed by atoms with Gasteiger partial charge in [0.25, 0.3) is 0 Å². The number of rotatable bonds is 13. The Bertz CT molecular complexity index is 151. The second kappa shape index (κ2) is 13.4. The molecule has 0 aromatic carbocycles. The van der Waals surface area contributed by atoms with Crippen molar-refractivity contribution in [3.63, 3.8) is 0 Å². The third-order valence-electron chi connectivity index (χ3n) is 3.62. The minimum absolute atomic E-state index is 0.854. The number of nitrogens with one attached hydrogen (secondary N) is 1. The highest BCUT2D eigenvalue weighted by molar-refractivity contribution is 4.61. The van der Waals surface area contributed by atoms with Gasteiger partial charge in [-0.15, -0.1) is 0 Å². The zero-order chi connectivity index (χ0) is 13.6. The highest BCUT2D eigenvalue weighted by Crippen LogP contribution is 2.16. The molecule has 0 aromatic heterocycles. The van der Waals surface area contributed by atoms with E-state index in [4.69, 9.17) is 5.73 Å². The maximum atomic E-state index is 5.65. The SMILES string of the molecule is CCCC(CCN)CCCNCCCCC(C)C. The molecule has 0 aliphatic heterocycles. The fourth-order valence-electron chi connectivity index (χ4n) is 2.52. The van der Waals surface area contributed by atoms with Crippen molar-refractivity contribution in [1.82, 2.24) is 5.32 Å². The van der Waals surface area contributed by atoms with Gasteiger partial charge in [0.05, 0.1) is 0 Å². The van der Waals surface area contributed by atoms with Crippen LogP contribution in [-0.2, 0) is 0 Å². The molecule has 0 aliphatic rings. The van der Waals surface area contributed by atoms with Gasteiger partial charge in [0.15, 0.2) is 0 Å². The molecular weight excluding hydrogens is 220 g/mol. The topological polar surface area (TPSA) is 38.0 Å². The van der Waals surface area contributed by atoms with Crippen LogP contribution in [0.5, 0.6) is 0 Å². The maximum absolute atomic E-state index is 5.65. The molecule has 0 radical (unpaired) electrons. The first-order valence-electron chi connectivity index (χ1n) is 8.11. The van der Waals surface area contributed by atoms with Crippen molar-refractivity contribution in [3.05, 3.63) is 0 Å². The summed E-state index contributed by atoms with van der Waals surface area (Å²) in [4.78, 5) is 0. The van der Waals surface area contributed by atoms with E-state index in [1.807, 2.05) is 0 Å². The van der Waals surface area contributed by atoms with Crippen LogP contribution in [-0.4, -0.2) is 19.6 Å². The molecule has 3 N–H and O–H groups in total. The molecule has 1 unspecified atom stereocenters. The average Bonchev–Trinajstić information content (AvgIpc) is 2.32. The minimum atomic E-state index is 0.854. The van der Waals surface area contributed by atoms with Gasteiger partial charge >= 0.3 is 0 Å². The Balaban J connectivity index is 3.26. The molecule has 0 bridgehead atoms. The van der Waals surface area contributed by atoms with Crippen molar-refractivity contribution in [2.45, 2.75) is 72.1 Å². The predicted octanol–water partition coefficient (Wildman–Crippen LogP) is 3.95. The van der Waals surface area contributed by atoms with Crippen LogP contribution in [0.15, 0.2) is 0 Å². The van der Waals surface area contributed by atoms with Crippen molar-refractivity contribution >= 4 is 0 Å². The third-order valence-corrected chi connectivity index (χ3v) is 3.62. The van der Waals surface area contributed by atoms with Crippen molar-refractivity contribution in [2.75, 3.05) is 19.6 Å². The lowest BCUT2D eigenvalue weighted by Crippen LogP contribution is -2.18. The molecule has 110 valence electrons. The van der Waals surface area contributed by atoms with Crippen LogP contribution >= 0.6 is 0 Å². The highest BCUT2D eigenvalue weighted by atomic mass is 14.8. The van der Waals surface area contributed by atoms with Gasteiger partial charge in [-0.1, -0.05) is 46.5 Å². The van der Waals surface area contributed by atoms with Gasteiger partial charge in [0.1, 0.15) is 0 Å². The molecule has 0 spiro atoms. The number of hydrogen-bond donors (Lipinski definition) is 2. The Morgan fingerprint density at radius 1 is 0.889 bits per heavy atom. The summed E-state index contributed by atoms with van der Waals surface area (Å²) in [5, 5.41) is 3.57. The number of unbranched alkanes of at least 4 members (excludes halogenated alkanes) is 1. The lowest BCUT2D eigenvalue weighted by Gasteiger charge is -2.15. The van der Waals surface area contributed by atoms with Crippen LogP contribution < -0.4 is 11.1 Å². The first kappa shape index (κ1) is 17.9. The fraction of sp³-hybridized carbons (Fsp3) is 1.00. The van der Waals surface area contributed by atoms with Crippen LogP contribution in [0.25, 0.3) is 0 Å². The molecule has 0 saturated heterocycles. The first-order chi connectivity index (χ1) is 8.70. The largest absolute Gasteiger partial charge is 0.330 e. The van der Waals surface area contributed by atoms with Gasteiger partial charge in [-0.05, 0) is 57.2 Å². The molecule has 18 heavy (non-hydrogen) atoms. The standard InChI is InChI=1S/C16H36N2/c1-4-8-16(11-12-17)10-7-14-18-13-6-5-9-15(2)3/h15-16,18H,4-14,17H2,1-3H3. The second-order valence-electron chi connectivity index (χ2n) is 6.01. The van der Waals surface area contributed by atoms with Crippen LogP contribution in [0.2, 0.25) is 0 Å². The molecule has 0 fully saturated rings. The first-order valence-corrected chi connectivity index (χ1v) is 8.11. The molecule has 0 saturated carbocycles. The Labute approximate surface area is 115 Å². The molecule has 2 heteroatoms. The molecule has 0 aliphatic carbocycles. The Morgan fingerprint density at radius 3 is 2.22 bits per heavy atom. The van der Waals surface area contributed by atoms with E-state index in [2.05, 4.69) is 26.1 Å². The Hall–Kier alpha value is -0.0800. The zero-order valence-electron chi connectivity index (χ0n) is 13.0. The van der Waals surface area contributed by atoms with E-state index in [9.17, 15) is 0 Å². The summed E-state index contributed by atoms with van der Waals surface area (Å²) in [6, 6.07) is 0. The molecule has 0 rings (SSSR count). The van der Waals surface area contributed by atoms with Gasteiger partial charge in [-0.25, -0.2) is 0 Å². The van der Waals surface area contributed by atoms with E-state index in [1.165, 1.54) is 64.5 Å². The molecule has 0 aromatic rings. The highest BCUT2D eigenvalue weighted by Gasteiger charge is 2.05. The molecular formula is C16H36N2. The number of nitrogens with two attached hydrogens (primary N) is 1. The lowest BCUT2D eigenvalue weighted by atomic mass is 9.94. The summed E-state index contributed by atoms with van der Waals surface area (Å²) < 4.78 is 0. The second-order valence-corrected chi connectivity index (χ2v) is 6.01. The quantitative estimate of drug-likeness (QED) is 0.490. The summed E-state index contributed by atoms with van der Waals surface area (Å²) in [5.74, 6) is 1.72. The lowest BCUT2D eigenvalue weighted by molar-refractivity contribution is 0.402. The van der Waals surface area contributed by atoms with E-state index in [0.717, 1.165) is 18.4 Å². The maximum Gasteiger partial charge on any atom is -0.00488 e. The molecule has 2 nitrogen and oxygen atoms in total. The van der Waals surface area contributed by atoms with Crippen molar-refractivity contribution < 1.29 is 0 Å². The van der Waals surface area contributed by atoms with Crippen molar-refractivity contribution in [2.24, 2.45) is 17.6 Å². The summed E-state index contributed by atoms with van der Waals surface area (Å²) in [6.07, 6.45) is 10.6. The summed E-state index contributed by atoms with van der Waals surface area (Å²) in [5.41, 5.74) is 5.65. The van der Waals surface area contributed by atoms with Crippen molar-refractivity contribution in [3.8, 4) is 0 Å². The summed E-state index contributed by atoms with van der Waals surface area (Å²) in [7, 11) is 0. The van der Waals surface area contributed by atoms with E-state index in [1.54, 1.807) is 0 Å². The van der Waals surface area contributed by atoms with Gasteiger partial charge in [0.2, 0.25) is 0 Å². The zero-order valence-corrected chi connectivity index (χ0v) is 13.0. The van der Waals surface area contributed by atoms with E-state index >= 15 is 0 Å². The van der Waals surface area contributed by atoms with Gasteiger partial charge in [0, 0.05) is 0 Å². The summed E-state index contributed by atoms with van der Waals surface area (Å²) in [6.45, 7) is 10.1. The van der Waals surface area contributed by atoms with Gasteiger partial charge < -0.3 is 11.1 Å². The third kappa shape index (κ3) is 12.4. The molecule has 0 heterocycles. The van der Waals surface area contributed by atoms with E-state index < -0.39 is 0 Å². The predicted molar refractivity (Wildman–Crippen MR) is 82.9 cm³/mol. The Kier molecular flexibility index (Phi) is 13.3. The van der Waals surface area contributed by atoms with Crippen molar-refractivity contribution in [1.29, 1.82) is 0 Å². The van der Waals surface area contributed by atoms with Crippen LogP contribution in [0.3, 0.4) is 0 Å². The minimum Gasteiger partial charge on any atom is -0.330 e. The average molecular weight is 256 g/mol. The molecule has 1 atom stereocenters. The van der Waals surface area contributed by atoms with Crippen LogP contribution in [0.4, 0.5) is 0 Å².